The highest BCUT2D eigenvalue weighted by Gasteiger charge is 1.93. The maximum Gasteiger partial charge on any atom is 0.234 e. The van der Waals surface area contributed by atoms with E-state index >= 15 is 0 Å². The van der Waals surface area contributed by atoms with Crippen LogP contribution in [0.5, 0.6) is 0 Å². The Morgan fingerprint density at radius 3 is 1.81 bits per heavy atom. The van der Waals surface area contributed by atoms with Crippen molar-refractivity contribution in [3.63, 3.8) is 0 Å². The second-order valence-corrected chi connectivity index (χ2v) is 6.08. The van der Waals surface area contributed by atoms with Crippen molar-refractivity contribution < 1.29 is 0 Å². The van der Waals surface area contributed by atoms with Gasteiger partial charge in [0.05, 0.1) is 12.4 Å². The minimum absolute atomic E-state index is 0. The largest absolute Gasteiger partial charge is 0.367 e. The molecule has 5 nitrogen and oxygen atoms in total. The van der Waals surface area contributed by atoms with Crippen molar-refractivity contribution in [1.82, 2.24) is 5.43 Å². The van der Waals surface area contributed by atoms with Gasteiger partial charge in [-0.1, -0.05) is 75.2 Å². The summed E-state index contributed by atoms with van der Waals surface area (Å²) in [5.74, 6) is 0.141. The topological polar surface area (TPSA) is 75.1 Å². The van der Waals surface area contributed by atoms with Gasteiger partial charge < -0.3 is 5.73 Å². The van der Waals surface area contributed by atoms with Crippen molar-refractivity contribution in [3.05, 3.63) is 70.8 Å². The first-order chi connectivity index (χ1) is 12.7. The normalized spacial score (nSPS) is 11.7. The monoisotopic (exact) mass is 385 g/mol. The molecule has 0 saturated carbocycles. The van der Waals surface area contributed by atoms with E-state index in [1.807, 2.05) is 24.3 Å². The molecule has 0 atom stereocenters. The summed E-state index contributed by atoms with van der Waals surface area (Å²) < 4.78 is 0. The predicted octanol–water partition coefficient (Wildman–Crippen LogP) is 4.29. The first-order valence-electron chi connectivity index (χ1n) is 9.04. The number of guanidine groups is 1. The summed E-state index contributed by atoms with van der Waals surface area (Å²) in [7, 11) is 0. The molecule has 0 spiro atoms. The van der Waals surface area contributed by atoms with E-state index in [4.69, 9.17) is 5.73 Å². The molecule has 2 rings (SSSR count). The number of halogens is 1. The van der Waals surface area contributed by atoms with Crippen LogP contribution in [0.3, 0.4) is 0 Å². The van der Waals surface area contributed by atoms with Crippen LogP contribution >= 0.6 is 12.4 Å². The molecule has 0 fully saturated rings. The highest BCUT2D eigenvalue weighted by Crippen LogP contribution is 2.06. The van der Waals surface area contributed by atoms with Gasteiger partial charge in [-0.2, -0.15) is 10.2 Å². The minimum Gasteiger partial charge on any atom is -0.367 e. The van der Waals surface area contributed by atoms with Gasteiger partial charge in [0.15, 0.2) is 0 Å². The molecule has 0 heterocycles. The summed E-state index contributed by atoms with van der Waals surface area (Å²) in [4.78, 5) is 0. The molecule has 6 heteroatoms. The molecular formula is C21H28ClN5. The fourth-order valence-corrected chi connectivity index (χ4v) is 2.47. The number of hydrogen-bond donors (Lipinski definition) is 2. The van der Waals surface area contributed by atoms with E-state index in [0.29, 0.717) is 0 Å². The van der Waals surface area contributed by atoms with Crippen LogP contribution in [-0.4, -0.2) is 18.4 Å². The van der Waals surface area contributed by atoms with Gasteiger partial charge in [0.1, 0.15) is 0 Å². The summed E-state index contributed by atoms with van der Waals surface area (Å²) in [6, 6.07) is 16.5. The minimum atomic E-state index is 0. The zero-order valence-corrected chi connectivity index (χ0v) is 16.7. The Bertz CT molecular complexity index is 749. The van der Waals surface area contributed by atoms with Crippen LogP contribution in [0, 0.1) is 0 Å². The summed E-state index contributed by atoms with van der Waals surface area (Å²) >= 11 is 0. The Morgan fingerprint density at radius 2 is 1.33 bits per heavy atom. The maximum atomic E-state index is 5.74. The molecule has 3 N–H and O–H groups in total. The van der Waals surface area contributed by atoms with Gasteiger partial charge >= 0.3 is 0 Å². The van der Waals surface area contributed by atoms with Crippen LogP contribution in [0.1, 0.15) is 48.9 Å². The summed E-state index contributed by atoms with van der Waals surface area (Å²) in [6.45, 7) is 4.34. The Kier molecular flexibility index (Phi) is 10.5. The first-order valence-corrected chi connectivity index (χ1v) is 9.04. The van der Waals surface area contributed by atoms with Gasteiger partial charge in [0, 0.05) is 0 Å². The standard InChI is InChI=1S/C21H27N5.ClH/c1-3-5-17-7-11-19(12-8-17)15-23-25-21(22)26-24-16-20-13-9-18(6-4-2)10-14-20;/h7-16H,3-6H2,1-2H3,(H3,22,25,26);1H/b23-15+,24-16+;. The van der Waals surface area contributed by atoms with E-state index in [2.05, 4.69) is 58.8 Å². The van der Waals surface area contributed by atoms with Gasteiger partial charge in [0.25, 0.3) is 0 Å². The van der Waals surface area contributed by atoms with E-state index in [1.54, 1.807) is 12.4 Å². The van der Waals surface area contributed by atoms with E-state index in [0.717, 1.165) is 36.8 Å². The molecule has 0 aliphatic rings. The van der Waals surface area contributed by atoms with Crippen molar-refractivity contribution in [2.45, 2.75) is 39.5 Å². The summed E-state index contributed by atoms with van der Waals surface area (Å²) in [5, 5.41) is 11.9. The van der Waals surface area contributed by atoms with Crippen molar-refractivity contribution in [1.29, 1.82) is 0 Å². The van der Waals surface area contributed by atoms with Gasteiger partial charge in [-0.05, 0) is 35.1 Å². The fraction of sp³-hybridized carbons (Fsp3) is 0.286. The number of rotatable bonds is 8. The second-order valence-electron chi connectivity index (χ2n) is 6.08. The van der Waals surface area contributed by atoms with Crippen molar-refractivity contribution >= 4 is 30.8 Å². The molecule has 0 bridgehead atoms. The Morgan fingerprint density at radius 1 is 0.852 bits per heavy atom. The van der Waals surface area contributed by atoms with Crippen molar-refractivity contribution in [2.75, 3.05) is 0 Å². The van der Waals surface area contributed by atoms with Crippen LogP contribution in [0.2, 0.25) is 0 Å². The quantitative estimate of drug-likeness (QED) is 0.404. The average Bonchev–Trinajstić information content (AvgIpc) is 2.65. The first kappa shape index (κ1) is 22.4. The number of nitrogens with zero attached hydrogens (tertiary/aromatic N) is 3. The molecule has 2 aromatic carbocycles. The predicted molar refractivity (Wildman–Crippen MR) is 118 cm³/mol. The van der Waals surface area contributed by atoms with Gasteiger partial charge in [-0.3, -0.25) is 0 Å². The fourth-order valence-electron chi connectivity index (χ4n) is 2.47. The third kappa shape index (κ3) is 8.51. The van der Waals surface area contributed by atoms with Crippen LogP contribution in [0.4, 0.5) is 0 Å². The molecule has 0 aliphatic carbocycles. The zero-order chi connectivity index (χ0) is 18.6. The number of benzene rings is 2. The smallest absolute Gasteiger partial charge is 0.234 e. The zero-order valence-electron chi connectivity index (χ0n) is 15.9. The Labute approximate surface area is 167 Å². The molecule has 2 aromatic rings. The number of nitrogens with one attached hydrogen (secondary N) is 1. The highest BCUT2D eigenvalue weighted by molar-refractivity contribution is 5.85. The number of hydrazone groups is 1. The Balaban J connectivity index is 0.00000364. The van der Waals surface area contributed by atoms with Crippen LogP contribution in [0.25, 0.3) is 0 Å². The Hall–Kier alpha value is -2.66. The summed E-state index contributed by atoms with van der Waals surface area (Å²) in [6.07, 6.45) is 7.84. The SMILES string of the molecule is CCCc1ccc(/C=N/N=C(N)N/N=C/c2ccc(CCC)cc2)cc1.Cl. The molecule has 27 heavy (non-hydrogen) atoms. The van der Waals surface area contributed by atoms with E-state index in [1.165, 1.54) is 11.1 Å². The van der Waals surface area contributed by atoms with E-state index in [-0.39, 0.29) is 18.4 Å². The van der Waals surface area contributed by atoms with Crippen LogP contribution < -0.4 is 11.2 Å². The maximum absolute atomic E-state index is 5.74. The molecule has 0 radical (unpaired) electrons. The number of nitrogens with two attached hydrogens (primary N) is 1. The van der Waals surface area contributed by atoms with E-state index < -0.39 is 0 Å². The molecule has 0 aliphatic heterocycles. The molecular weight excluding hydrogens is 358 g/mol. The van der Waals surface area contributed by atoms with Crippen LogP contribution in [0.15, 0.2) is 63.8 Å². The van der Waals surface area contributed by atoms with Crippen LogP contribution in [-0.2, 0) is 12.8 Å². The average molecular weight is 386 g/mol. The number of hydrogen-bond acceptors (Lipinski definition) is 3. The molecule has 0 unspecified atom stereocenters. The lowest BCUT2D eigenvalue weighted by Crippen LogP contribution is -2.26. The van der Waals surface area contributed by atoms with Gasteiger partial charge in [-0.15, -0.1) is 17.5 Å². The summed E-state index contributed by atoms with van der Waals surface area (Å²) in [5.41, 5.74) is 13.0. The molecule has 0 amide bonds. The van der Waals surface area contributed by atoms with Crippen molar-refractivity contribution in [2.24, 2.45) is 21.0 Å². The van der Waals surface area contributed by atoms with E-state index in [9.17, 15) is 0 Å². The number of aryl methyl sites for hydroxylation is 2. The van der Waals surface area contributed by atoms with Gasteiger partial charge in [-0.25, -0.2) is 5.43 Å². The third-order valence-corrected chi connectivity index (χ3v) is 3.80. The molecule has 0 saturated heterocycles. The second kappa shape index (κ2) is 12.7. The lowest BCUT2D eigenvalue weighted by molar-refractivity contribution is 0.922. The van der Waals surface area contributed by atoms with Gasteiger partial charge in [0.2, 0.25) is 5.96 Å². The molecule has 0 aromatic heterocycles. The lowest BCUT2D eigenvalue weighted by Gasteiger charge is -1.99. The highest BCUT2D eigenvalue weighted by atomic mass is 35.5. The third-order valence-electron chi connectivity index (χ3n) is 3.80. The van der Waals surface area contributed by atoms with Crippen molar-refractivity contribution in [3.8, 4) is 0 Å². The lowest BCUT2D eigenvalue weighted by atomic mass is 10.1. The molecule has 144 valence electrons.